The van der Waals surface area contributed by atoms with Gasteiger partial charge in [-0.2, -0.15) is 0 Å². The van der Waals surface area contributed by atoms with E-state index in [9.17, 15) is 9.59 Å². The van der Waals surface area contributed by atoms with Gasteiger partial charge in [-0.25, -0.2) is 4.98 Å². The fourth-order valence-electron chi connectivity index (χ4n) is 2.99. The molecule has 0 aliphatic carbocycles. The van der Waals surface area contributed by atoms with E-state index >= 15 is 0 Å². The first-order valence-corrected chi connectivity index (χ1v) is 9.94. The standard InChI is InChI=1S/C22H19N3O2S/c26-20(10-11-21-24-19(14-28-21)15-6-2-1-3-7-15)23-13-17-12-16-8-4-5-9-18(16)25-22(17)27/h1-9,12,14H,10-11,13H2,(H,23,26)(H,25,27). The maximum atomic E-state index is 12.2. The van der Waals surface area contributed by atoms with Crippen molar-refractivity contribution in [3.63, 3.8) is 0 Å². The highest BCUT2D eigenvalue weighted by atomic mass is 32.1. The normalized spacial score (nSPS) is 10.9. The van der Waals surface area contributed by atoms with Gasteiger partial charge in [0, 0.05) is 41.4 Å². The van der Waals surface area contributed by atoms with Gasteiger partial charge in [-0.05, 0) is 17.5 Å². The second-order valence-corrected chi connectivity index (χ2v) is 7.42. The quantitative estimate of drug-likeness (QED) is 0.525. The van der Waals surface area contributed by atoms with E-state index in [0.717, 1.165) is 27.2 Å². The van der Waals surface area contributed by atoms with Gasteiger partial charge >= 0.3 is 0 Å². The van der Waals surface area contributed by atoms with Gasteiger partial charge in [-0.1, -0.05) is 48.5 Å². The van der Waals surface area contributed by atoms with Gasteiger partial charge in [0.2, 0.25) is 5.91 Å². The number of pyridine rings is 1. The number of carbonyl (C=O) groups excluding carboxylic acids is 1. The lowest BCUT2D eigenvalue weighted by Gasteiger charge is -2.05. The number of rotatable bonds is 6. The predicted molar refractivity (Wildman–Crippen MR) is 112 cm³/mol. The molecule has 2 N–H and O–H groups in total. The third-order valence-corrected chi connectivity index (χ3v) is 5.40. The molecule has 0 saturated carbocycles. The molecule has 2 heterocycles. The molecule has 0 fully saturated rings. The van der Waals surface area contributed by atoms with Crippen molar-refractivity contribution >= 4 is 28.1 Å². The number of thiazole rings is 1. The van der Waals surface area contributed by atoms with Crippen molar-refractivity contribution in [2.24, 2.45) is 0 Å². The Morgan fingerprint density at radius 3 is 2.71 bits per heavy atom. The molecule has 0 saturated heterocycles. The lowest BCUT2D eigenvalue weighted by molar-refractivity contribution is -0.121. The topological polar surface area (TPSA) is 74.8 Å². The first-order chi connectivity index (χ1) is 13.7. The molecule has 4 aromatic rings. The van der Waals surface area contributed by atoms with Gasteiger partial charge in [0.25, 0.3) is 5.56 Å². The van der Waals surface area contributed by atoms with Crippen LogP contribution < -0.4 is 10.9 Å². The van der Waals surface area contributed by atoms with Crippen LogP contribution in [0, 0.1) is 0 Å². The number of aromatic amines is 1. The zero-order valence-electron chi connectivity index (χ0n) is 15.1. The van der Waals surface area contributed by atoms with Crippen molar-refractivity contribution in [2.45, 2.75) is 19.4 Å². The Morgan fingerprint density at radius 1 is 1.07 bits per heavy atom. The zero-order chi connectivity index (χ0) is 19.3. The molecule has 2 aromatic heterocycles. The fraction of sp³-hybridized carbons (Fsp3) is 0.136. The van der Waals surface area contributed by atoms with E-state index in [4.69, 9.17) is 0 Å². The van der Waals surface area contributed by atoms with Crippen LogP contribution in [0.4, 0.5) is 0 Å². The van der Waals surface area contributed by atoms with Crippen LogP contribution >= 0.6 is 11.3 Å². The SMILES string of the molecule is O=C(CCc1nc(-c2ccccc2)cs1)NCc1cc2ccccc2[nH]c1=O. The average molecular weight is 389 g/mol. The van der Waals surface area contributed by atoms with E-state index in [0.29, 0.717) is 18.4 Å². The Kier molecular flexibility index (Phi) is 5.30. The fourth-order valence-corrected chi connectivity index (χ4v) is 3.80. The molecule has 0 atom stereocenters. The molecule has 0 radical (unpaired) electrons. The Hall–Kier alpha value is -3.25. The number of nitrogens with zero attached hydrogens (tertiary/aromatic N) is 1. The molecule has 0 aliphatic heterocycles. The highest BCUT2D eigenvalue weighted by Gasteiger charge is 2.09. The monoisotopic (exact) mass is 389 g/mol. The number of nitrogens with one attached hydrogen (secondary N) is 2. The summed E-state index contributed by atoms with van der Waals surface area (Å²) in [5, 5.41) is 6.72. The van der Waals surface area contributed by atoms with E-state index in [1.54, 1.807) is 11.3 Å². The van der Waals surface area contributed by atoms with E-state index in [-0.39, 0.29) is 18.0 Å². The molecule has 0 spiro atoms. The summed E-state index contributed by atoms with van der Waals surface area (Å²) in [6.45, 7) is 0.214. The summed E-state index contributed by atoms with van der Waals surface area (Å²) in [7, 11) is 0. The Labute approximate surface area is 166 Å². The van der Waals surface area contributed by atoms with Gasteiger partial charge in [0.1, 0.15) is 0 Å². The number of hydrogen-bond acceptors (Lipinski definition) is 4. The summed E-state index contributed by atoms with van der Waals surface area (Å²) in [4.78, 5) is 31.8. The number of H-pyrrole nitrogens is 1. The minimum Gasteiger partial charge on any atom is -0.352 e. The average Bonchev–Trinajstić information content (AvgIpc) is 3.20. The van der Waals surface area contributed by atoms with E-state index in [1.807, 2.05) is 66.0 Å². The summed E-state index contributed by atoms with van der Waals surface area (Å²) in [5.74, 6) is -0.0935. The number of fused-ring (bicyclic) bond motifs is 1. The number of aromatic nitrogens is 2. The van der Waals surface area contributed by atoms with E-state index in [2.05, 4.69) is 15.3 Å². The molecule has 28 heavy (non-hydrogen) atoms. The van der Waals surface area contributed by atoms with Crippen molar-refractivity contribution in [2.75, 3.05) is 0 Å². The van der Waals surface area contributed by atoms with Crippen molar-refractivity contribution in [3.8, 4) is 11.3 Å². The molecule has 1 amide bonds. The summed E-state index contributed by atoms with van der Waals surface area (Å²) in [6, 6.07) is 19.4. The summed E-state index contributed by atoms with van der Waals surface area (Å²) >= 11 is 1.56. The second-order valence-electron chi connectivity index (χ2n) is 6.48. The van der Waals surface area contributed by atoms with E-state index in [1.165, 1.54) is 0 Å². The summed E-state index contributed by atoms with van der Waals surface area (Å²) in [5.41, 5.74) is 3.17. The first kappa shape index (κ1) is 18.1. The van der Waals surface area contributed by atoms with Gasteiger partial charge < -0.3 is 10.3 Å². The summed E-state index contributed by atoms with van der Waals surface area (Å²) in [6.07, 6.45) is 0.921. The second kappa shape index (κ2) is 8.19. The van der Waals surface area contributed by atoms with Gasteiger partial charge in [-0.3, -0.25) is 9.59 Å². The number of aryl methyl sites for hydroxylation is 1. The van der Waals surface area contributed by atoms with Crippen LogP contribution in [0.25, 0.3) is 22.2 Å². The molecule has 6 heteroatoms. The largest absolute Gasteiger partial charge is 0.352 e. The molecule has 2 aromatic carbocycles. The Bertz CT molecular complexity index is 1170. The van der Waals surface area contributed by atoms with Crippen LogP contribution in [0.1, 0.15) is 17.0 Å². The van der Waals surface area contributed by atoms with Crippen LogP contribution in [0.5, 0.6) is 0 Å². The number of benzene rings is 2. The predicted octanol–water partition coefficient (Wildman–Crippen LogP) is 3.90. The van der Waals surface area contributed by atoms with Crippen LogP contribution in [0.2, 0.25) is 0 Å². The maximum Gasteiger partial charge on any atom is 0.253 e. The minimum absolute atomic E-state index is 0.0935. The third kappa shape index (κ3) is 4.18. The van der Waals surface area contributed by atoms with Crippen molar-refractivity contribution in [3.05, 3.63) is 87.0 Å². The lowest BCUT2D eigenvalue weighted by Crippen LogP contribution is -2.26. The Balaban J connectivity index is 1.34. The van der Waals surface area contributed by atoms with Crippen molar-refractivity contribution < 1.29 is 4.79 Å². The smallest absolute Gasteiger partial charge is 0.253 e. The van der Waals surface area contributed by atoms with Crippen LogP contribution in [-0.2, 0) is 17.8 Å². The zero-order valence-corrected chi connectivity index (χ0v) is 16.0. The van der Waals surface area contributed by atoms with Crippen LogP contribution in [0.15, 0.2) is 70.8 Å². The highest BCUT2D eigenvalue weighted by molar-refractivity contribution is 7.09. The van der Waals surface area contributed by atoms with Crippen LogP contribution in [0.3, 0.4) is 0 Å². The van der Waals surface area contributed by atoms with Crippen LogP contribution in [-0.4, -0.2) is 15.9 Å². The number of carbonyl (C=O) groups is 1. The Morgan fingerprint density at radius 2 is 1.86 bits per heavy atom. The number of hydrogen-bond donors (Lipinski definition) is 2. The van der Waals surface area contributed by atoms with Crippen molar-refractivity contribution in [1.29, 1.82) is 0 Å². The maximum absolute atomic E-state index is 12.2. The first-order valence-electron chi connectivity index (χ1n) is 9.06. The molecule has 5 nitrogen and oxygen atoms in total. The summed E-state index contributed by atoms with van der Waals surface area (Å²) < 4.78 is 0. The molecular weight excluding hydrogens is 370 g/mol. The molecular formula is C22H19N3O2S. The number of amides is 1. The highest BCUT2D eigenvalue weighted by Crippen LogP contribution is 2.22. The molecule has 4 rings (SSSR count). The van der Waals surface area contributed by atoms with E-state index < -0.39 is 0 Å². The lowest BCUT2D eigenvalue weighted by atomic mass is 10.1. The third-order valence-electron chi connectivity index (χ3n) is 4.49. The number of para-hydroxylation sites is 1. The molecule has 140 valence electrons. The molecule has 0 unspecified atom stereocenters. The van der Waals surface area contributed by atoms with Gasteiger partial charge in [0.15, 0.2) is 0 Å². The van der Waals surface area contributed by atoms with Gasteiger partial charge in [-0.15, -0.1) is 11.3 Å². The minimum atomic E-state index is -0.175. The van der Waals surface area contributed by atoms with Gasteiger partial charge in [0.05, 0.1) is 10.7 Å². The van der Waals surface area contributed by atoms with Crippen molar-refractivity contribution in [1.82, 2.24) is 15.3 Å². The molecule has 0 bridgehead atoms. The molecule has 0 aliphatic rings.